The van der Waals surface area contributed by atoms with Gasteiger partial charge >= 0.3 is 0 Å². The number of rotatable bonds is 2. The fraction of sp³-hybridized carbons (Fsp3) is 0.667. The molecule has 17 heavy (non-hydrogen) atoms. The second kappa shape index (κ2) is 4.77. The van der Waals surface area contributed by atoms with E-state index in [2.05, 4.69) is 11.1 Å². The molecule has 0 radical (unpaired) electrons. The van der Waals surface area contributed by atoms with Gasteiger partial charge in [-0.15, -0.1) is 0 Å². The average molecular weight is 230 g/mol. The minimum atomic E-state index is 0.339. The molecule has 92 valence electrons. The fourth-order valence-electron chi connectivity index (χ4n) is 3.67. The number of hydrogen-bond acceptors (Lipinski definition) is 2. The van der Waals surface area contributed by atoms with Crippen LogP contribution in [0, 0.1) is 5.92 Å². The normalized spacial score (nSPS) is 26.8. The predicted octanol–water partition coefficient (Wildman–Crippen LogP) is 3.02. The molecule has 0 spiro atoms. The van der Waals surface area contributed by atoms with E-state index in [1.807, 2.05) is 12.3 Å². The molecule has 1 aromatic rings. The molecule has 0 saturated heterocycles. The molecule has 2 N–H and O–H groups in total. The Morgan fingerprint density at radius 3 is 2.82 bits per heavy atom. The number of fused-ring (bicyclic) bond motifs is 1. The van der Waals surface area contributed by atoms with Crippen molar-refractivity contribution in [2.75, 3.05) is 0 Å². The zero-order valence-corrected chi connectivity index (χ0v) is 10.4. The van der Waals surface area contributed by atoms with E-state index in [1.54, 1.807) is 0 Å². The SMILES string of the molecule is NC(C1CCCCC1)C1CCc2cccnc21. The van der Waals surface area contributed by atoms with E-state index in [0.717, 1.165) is 5.92 Å². The molecule has 1 heterocycles. The lowest BCUT2D eigenvalue weighted by Gasteiger charge is -2.31. The summed E-state index contributed by atoms with van der Waals surface area (Å²) in [5.74, 6) is 1.26. The summed E-state index contributed by atoms with van der Waals surface area (Å²) in [6.45, 7) is 0. The Hall–Kier alpha value is -0.890. The molecule has 2 atom stereocenters. The smallest absolute Gasteiger partial charge is 0.0482 e. The highest BCUT2D eigenvalue weighted by molar-refractivity contribution is 5.30. The molecule has 1 saturated carbocycles. The molecule has 1 aromatic heterocycles. The molecule has 0 aromatic carbocycles. The lowest BCUT2D eigenvalue weighted by atomic mass is 9.78. The van der Waals surface area contributed by atoms with Crippen molar-refractivity contribution in [1.82, 2.24) is 4.98 Å². The van der Waals surface area contributed by atoms with E-state index >= 15 is 0 Å². The van der Waals surface area contributed by atoms with E-state index in [0.29, 0.717) is 12.0 Å². The van der Waals surface area contributed by atoms with Crippen molar-refractivity contribution in [3.8, 4) is 0 Å². The lowest BCUT2D eigenvalue weighted by Crippen LogP contribution is -2.36. The van der Waals surface area contributed by atoms with Crippen LogP contribution in [0.25, 0.3) is 0 Å². The minimum absolute atomic E-state index is 0.339. The van der Waals surface area contributed by atoms with Gasteiger partial charge in [0.1, 0.15) is 0 Å². The van der Waals surface area contributed by atoms with Crippen molar-refractivity contribution in [1.29, 1.82) is 0 Å². The van der Waals surface area contributed by atoms with Crippen LogP contribution in [-0.4, -0.2) is 11.0 Å². The third-order valence-electron chi connectivity index (χ3n) is 4.66. The van der Waals surface area contributed by atoms with Crippen LogP contribution in [0.2, 0.25) is 0 Å². The number of hydrogen-bond donors (Lipinski definition) is 1. The highest BCUT2D eigenvalue weighted by Crippen LogP contribution is 2.38. The lowest BCUT2D eigenvalue weighted by molar-refractivity contribution is 0.274. The molecule has 1 fully saturated rings. The van der Waals surface area contributed by atoms with Crippen molar-refractivity contribution in [3.63, 3.8) is 0 Å². The third kappa shape index (κ3) is 2.11. The Morgan fingerprint density at radius 2 is 2.00 bits per heavy atom. The maximum atomic E-state index is 6.53. The monoisotopic (exact) mass is 230 g/mol. The molecule has 2 unspecified atom stereocenters. The first-order valence-electron chi connectivity index (χ1n) is 7.05. The van der Waals surface area contributed by atoms with Gasteiger partial charge < -0.3 is 5.73 Å². The van der Waals surface area contributed by atoms with Crippen molar-refractivity contribution in [2.24, 2.45) is 11.7 Å². The summed E-state index contributed by atoms with van der Waals surface area (Å²) in [6.07, 6.45) is 11.1. The summed E-state index contributed by atoms with van der Waals surface area (Å²) in [4.78, 5) is 4.58. The number of nitrogens with zero attached hydrogens (tertiary/aromatic N) is 1. The molecular formula is C15H22N2. The number of aromatic nitrogens is 1. The topological polar surface area (TPSA) is 38.9 Å². The number of pyridine rings is 1. The van der Waals surface area contributed by atoms with Crippen LogP contribution in [0.4, 0.5) is 0 Å². The second-order valence-corrected chi connectivity index (χ2v) is 5.67. The summed E-state index contributed by atoms with van der Waals surface area (Å²) in [7, 11) is 0. The summed E-state index contributed by atoms with van der Waals surface area (Å²) in [5.41, 5.74) is 9.26. The van der Waals surface area contributed by atoms with Gasteiger partial charge in [-0.25, -0.2) is 0 Å². The van der Waals surface area contributed by atoms with E-state index < -0.39 is 0 Å². The van der Waals surface area contributed by atoms with Gasteiger partial charge in [0.25, 0.3) is 0 Å². The summed E-state index contributed by atoms with van der Waals surface area (Å²) >= 11 is 0. The third-order valence-corrected chi connectivity index (χ3v) is 4.66. The first kappa shape index (κ1) is 11.2. The van der Waals surface area contributed by atoms with Gasteiger partial charge in [-0.1, -0.05) is 25.3 Å². The Morgan fingerprint density at radius 1 is 1.18 bits per heavy atom. The first-order chi connectivity index (χ1) is 8.36. The van der Waals surface area contributed by atoms with Gasteiger partial charge in [-0.05, 0) is 43.2 Å². The molecule has 0 aliphatic heterocycles. The summed E-state index contributed by atoms with van der Waals surface area (Å²) in [6, 6.07) is 4.61. The maximum Gasteiger partial charge on any atom is 0.0482 e. The van der Waals surface area contributed by atoms with Crippen LogP contribution < -0.4 is 5.73 Å². The van der Waals surface area contributed by atoms with E-state index in [-0.39, 0.29) is 0 Å². The van der Waals surface area contributed by atoms with Crippen molar-refractivity contribution in [3.05, 3.63) is 29.6 Å². The van der Waals surface area contributed by atoms with Gasteiger partial charge in [0.2, 0.25) is 0 Å². The molecule has 3 rings (SSSR count). The van der Waals surface area contributed by atoms with Crippen LogP contribution in [0.15, 0.2) is 18.3 Å². The fourth-order valence-corrected chi connectivity index (χ4v) is 3.67. The molecule has 2 aliphatic carbocycles. The zero-order chi connectivity index (χ0) is 11.7. The van der Waals surface area contributed by atoms with Gasteiger partial charge in [-0.2, -0.15) is 0 Å². The quantitative estimate of drug-likeness (QED) is 0.848. The molecule has 0 amide bonds. The van der Waals surface area contributed by atoms with Crippen molar-refractivity contribution >= 4 is 0 Å². The molecular weight excluding hydrogens is 208 g/mol. The van der Waals surface area contributed by atoms with E-state index in [4.69, 9.17) is 5.73 Å². The molecule has 2 nitrogen and oxygen atoms in total. The van der Waals surface area contributed by atoms with Gasteiger partial charge in [0.15, 0.2) is 0 Å². The highest BCUT2D eigenvalue weighted by Gasteiger charge is 2.33. The Bertz CT molecular complexity index is 382. The Kier molecular flexibility index (Phi) is 3.15. The molecule has 2 aliphatic rings. The zero-order valence-electron chi connectivity index (χ0n) is 10.4. The predicted molar refractivity (Wildman–Crippen MR) is 69.8 cm³/mol. The Labute approximate surface area is 104 Å². The van der Waals surface area contributed by atoms with Crippen LogP contribution in [0.5, 0.6) is 0 Å². The van der Waals surface area contributed by atoms with Crippen LogP contribution in [-0.2, 0) is 6.42 Å². The molecule has 2 heteroatoms. The largest absolute Gasteiger partial charge is 0.327 e. The standard InChI is InChI=1S/C15H22N2/c16-14(11-5-2-1-3-6-11)13-9-8-12-7-4-10-17-15(12)13/h4,7,10-11,13-14H,1-3,5-6,8-9,16H2. The van der Waals surface area contributed by atoms with Gasteiger partial charge in [0, 0.05) is 23.9 Å². The number of nitrogens with two attached hydrogens (primary N) is 1. The number of aryl methyl sites for hydroxylation is 1. The highest BCUT2D eigenvalue weighted by atomic mass is 14.8. The minimum Gasteiger partial charge on any atom is -0.327 e. The maximum absolute atomic E-state index is 6.53. The van der Waals surface area contributed by atoms with E-state index in [1.165, 1.54) is 56.2 Å². The van der Waals surface area contributed by atoms with Gasteiger partial charge in [0.05, 0.1) is 0 Å². The summed E-state index contributed by atoms with van der Waals surface area (Å²) in [5, 5.41) is 0. The average Bonchev–Trinajstić information content (AvgIpc) is 2.83. The molecule has 0 bridgehead atoms. The van der Waals surface area contributed by atoms with Crippen molar-refractivity contribution < 1.29 is 0 Å². The van der Waals surface area contributed by atoms with Crippen LogP contribution >= 0.6 is 0 Å². The van der Waals surface area contributed by atoms with Gasteiger partial charge in [-0.3, -0.25) is 4.98 Å². The van der Waals surface area contributed by atoms with E-state index in [9.17, 15) is 0 Å². The van der Waals surface area contributed by atoms with Crippen LogP contribution in [0.3, 0.4) is 0 Å². The van der Waals surface area contributed by atoms with Crippen molar-refractivity contribution in [2.45, 2.75) is 56.9 Å². The summed E-state index contributed by atoms with van der Waals surface area (Å²) < 4.78 is 0. The van der Waals surface area contributed by atoms with Crippen LogP contribution in [0.1, 0.15) is 55.7 Å². The second-order valence-electron chi connectivity index (χ2n) is 5.67. The Balaban J connectivity index is 1.76. The first-order valence-corrected chi connectivity index (χ1v) is 7.05.